The Labute approximate surface area is 365 Å². The maximum Gasteiger partial charge on any atom is 0.330 e. The summed E-state index contributed by atoms with van der Waals surface area (Å²) in [6.07, 6.45) is 6.13. The van der Waals surface area contributed by atoms with Gasteiger partial charge in [-0.05, 0) is 73.5 Å². The fourth-order valence-electron chi connectivity index (χ4n) is 6.97. The molecule has 330 valence electrons. The molecule has 8 aromatic rings. The summed E-state index contributed by atoms with van der Waals surface area (Å²) in [6.45, 7) is 3.56. The Morgan fingerprint density at radius 2 is 1.03 bits per heavy atom. The predicted molar refractivity (Wildman–Crippen MR) is 235 cm³/mol. The Hall–Kier alpha value is -8.68. The van der Waals surface area contributed by atoms with E-state index in [1.807, 2.05) is 0 Å². The molecule has 6 aromatic heterocycles. The van der Waals surface area contributed by atoms with Gasteiger partial charge in [0.05, 0.1) is 11.1 Å². The number of Topliss-reactive ketones (excluding diaryl/α,β-unsaturated/α-hetero) is 2. The zero-order valence-electron chi connectivity index (χ0n) is 35.3. The van der Waals surface area contributed by atoms with E-state index in [4.69, 9.17) is 0 Å². The molecule has 65 heavy (non-hydrogen) atoms. The average Bonchev–Trinajstić information content (AvgIpc) is 3.86. The minimum atomic E-state index is -1.03. The quantitative estimate of drug-likeness (QED) is 0.134. The molecule has 6 heterocycles. The fourth-order valence-corrected chi connectivity index (χ4v) is 6.97. The summed E-state index contributed by atoms with van der Waals surface area (Å²) >= 11 is 0. The van der Waals surface area contributed by atoms with Crippen molar-refractivity contribution >= 4 is 56.8 Å². The molecular formula is C45H38F2N10O8. The number of hydrogen-bond donors (Lipinski definition) is 3. The van der Waals surface area contributed by atoms with Crippen molar-refractivity contribution in [3.05, 3.63) is 185 Å². The SMILES string of the molecule is Cc1[nH]c(=O)n(C)c(=O)c1NC(=O)C(=O)c1cn(Cc2ccc(F)cc2)c2ncccc12.Cc1c(NC(=O)C(=O)c2cn(Cc3ccc(F)cc3)c3ncccc23)c(=O)n(C)c(=O)n1C. The van der Waals surface area contributed by atoms with Gasteiger partial charge in [-0.3, -0.25) is 42.5 Å². The van der Waals surface area contributed by atoms with Crippen molar-refractivity contribution in [3.63, 3.8) is 0 Å². The van der Waals surface area contributed by atoms with Crippen molar-refractivity contribution < 1.29 is 28.0 Å². The third kappa shape index (κ3) is 8.85. The lowest BCUT2D eigenvalue weighted by Crippen LogP contribution is -2.41. The van der Waals surface area contributed by atoms with E-state index in [1.54, 1.807) is 70.1 Å². The van der Waals surface area contributed by atoms with Crippen LogP contribution in [0.3, 0.4) is 0 Å². The molecule has 0 aliphatic carbocycles. The van der Waals surface area contributed by atoms with E-state index >= 15 is 0 Å². The molecule has 0 aliphatic rings. The Bertz CT molecular complexity index is 3470. The fraction of sp³-hybridized carbons (Fsp3) is 0.156. The molecule has 0 saturated heterocycles. The number of benzene rings is 2. The number of H-pyrrole nitrogens is 1. The highest BCUT2D eigenvalue weighted by atomic mass is 19.1. The maximum atomic E-state index is 13.2. The van der Waals surface area contributed by atoms with Crippen LogP contribution in [0.5, 0.6) is 0 Å². The number of aromatic nitrogens is 8. The zero-order chi connectivity index (χ0) is 46.9. The minimum absolute atomic E-state index is 0.103. The molecule has 20 heteroatoms. The van der Waals surface area contributed by atoms with Crippen molar-refractivity contribution in [2.75, 3.05) is 10.6 Å². The number of carbonyl (C=O) groups excluding carboxylic acids is 4. The Morgan fingerprint density at radius 3 is 1.49 bits per heavy atom. The first-order chi connectivity index (χ1) is 30.9. The van der Waals surface area contributed by atoms with Crippen LogP contribution in [0.15, 0.2) is 117 Å². The van der Waals surface area contributed by atoms with E-state index < -0.39 is 45.9 Å². The Morgan fingerprint density at radius 1 is 0.600 bits per heavy atom. The molecule has 3 N–H and O–H groups in total. The largest absolute Gasteiger partial charge is 0.330 e. The van der Waals surface area contributed by atoms with E-state index in [2.05, 4.69) is 25.6 Å². The zero-order valence-corrected chi connectivity index (χ0v) is 35.3. The normalized spacial score (nSPS) is 11.0. The molecule has 18 nitrogen and oxygen atoms in total. The molecule has 0 aliphatic heterocycles. The lowest BCUT2D eigenvalue weighted by Gasteiger charge is -2.12. The first-order valence-electron chi connectivity index (χ1n) is 19.6. The number of ketones is 2. The molecule has 0 bridgehead atoms. The van der Waals surface area contributed by atoms with Crippen molar-refractivity contribution in [2.45, 2.75) is 26.9 Å². The van der Waals surface area contributed by atoms with Gasteiger partial charge in [0.15, 0.2) is 0 Å². The standard InChI is InChI=1S/C23H20FN5O4.C22H18FN5O4/c1-13-18(22(32)28(3)23(33)27(13)2)26-21(31)19(30)17-12-29(20-16(17)5-4-10-25-20)11-14-6-8-15(24)9-7-14;1-12-17(21(31)27(2)22(32)25-12)26-20(30)18(29)16-11-28(19-15(16)4-3-9-24-19)10-13-5-7-14(23)8-6-13/h4-10,12H,11H2,1-3H3,(H,26,31);3-9,11H,10H2,1-2H3,(H,25,32)(H,26,30). The van der Waals surface area contributed by atoms with Crippen LogP contribution in [0, 0.1) is 25.5 Å². The van der Waals surface area contributed by atoms with Gasteiger partial charge in [0, 0.05) is 81.2 Å². The molecule has 8 rings (SSSR count). The second-order valence-corrected chi connectivity index (χ2v) is 14.9. The number of aromatic amines is 1. The topological polar surface area (TPSA) is 227 Å². The summed E-state index contributed by atoms with van der Waals surface area (Å²) in [7, 11) is 4.01. The monoisotopic (exact) mass is 884 g/mol. The van der Waals surface area contributed by atoms with E-state index in [-0.39, 0.29) is 45.5 Å². The van der Waals surface area contributed by atoms with Crippen LogP contribution in [0.4, 0.5) is 20.2 Å². The number of rotatable bonds is 10. The highest BCUT2D eigenvalue weighted by molar-refractivity contribution is 6.49. The van der Waals surface area contributed by atoms with Gasteiger partial charge in [0.2, 0.25) is 0 Å². The van der Waals surface area contributed by atoms with Crippen LogP contribution >= 0.6 is 0 Å². The van der Waals surface area contributed by atoms with Crippen LogP contribution < -0.4 is 33.1 Å². The second-order valence-electron chi connectivity index (χ2n) is 14.9. The van der Waals surface area contributed by atoms with Gasteiger partial charge in [0.25, 0.3) is 34.5 Å². The number of nitrogens with one attached hydrogen (secondary N) is 3. The van der Waals surface area contributed by atoms with Crippen molar-refractivity contribution in [3.8, 4) is 0 Å². The van der Waals surface area contributed by atoms with E-state index in [1.165, 1.54) is 76.2 Å². The van der Waals surface area contributed by atoms with Gasteiger partial charge in [-0.15, -0.1) is 0 Å². The number of hydrogen-bond acceptors (Lipinski definition) is 10. The van der Waals surface area contributed by atoms with Crippen molar-refractivity contribution in [1.82, 2.24) is 37.8 Å². The molecular weight excluding hydrogens is 847 g/mol. The number of aryl methyl sites for hydroxylation is 1. The summed E-state index contributed by atoms with van der Waals surface area (Å²) in [6, 6.07) is 18.4. The van der Waals surface area contributed by atoms with Gasteiger partial charge in [-0.1, -0.05) is 24.3 Å². The minimum Gasteiger partial charge on any atom is -0.327 e. The first kappa shape index (κ1) is 44.4. The van der Waals surface area contributed by atoms with E-state index in [0.717, 1.165) is 20.3 Å². The molecule has 2 amide bonds. The molecule has 0 spiro atoms. The molecule has 2 aromatic carbocycles. The molecule has 0 fully saturated rings. The van der Waals surface area contributed by atoms with Gasteiger partial charge in [-0.25, -0.2) is 28.3 Å². The summed E-state index contributed by atoms with van der Waals surface area (Å²) in [5.41, 5.74) is 0.152. The van der Waals surface area contributed by atoms with Crippen molar-refractivity contribution in [1.29, 1.82) is 0 Å². The summed E-state index contributed by atoms with van der Waals surface area (Å²) < 4.78 is 32.7. The number of carbonyl (C=O) groups is 4. The lowest BCUT2D eigenvalue weighted by molar-refractivity contribution is -0.113. The maximum absolute atomic E-state index is 13.2. The number of amides is 2. The number of pyridine rings is 2. The van der Waals surface area contributed by atoms with E-state index in [9.17, 15) is 47.1 Å². The molecule has 0 unspecified atom stereocenters. The summed E-state index contributed by atoms with van der Waals surface area (Å²) in [5.74, 6) is -4.49. The Kier molecular flexibility index (Phi) is 12.3. The first-order valence-corrected chi connectivity index (χ1v) is 19.6. The number of halogens is 2. The number of fused-ring (bicyclic) bond motifs is 2. The average molecular weight is 885 g/mol. The van der Waals surface area contributed by atoms with Crippen LogP contribution in [0.2, 0.25) is 0 Å². The van der Waals surface area contributed by atoms with Gasteiger partial charge in [0.1, 0.15) is 34.3 Å². The van der Waals surface area contributed by atoms with Crippen LogP contribution in [0.25, 0.3) is 22.1 Å². The molecule has 0 radical (unpaired) electrons. The highest BCUT2D eigenvalue weighted by Crippen LogP contribution is 2.24. The number of nitrogens with zero attached hydrogens (tertiary/aromatic N) is 7. The van der Waals surface area contributed by atoms with Crippen LogP contribution in [0.1, 0.15) is 43.2 Å². The highest BCUT2D eigenvalue weighted by Gasteiger charge is 2.26. The lowest BCUT2D eigenvalue weighted by atomic mass is 10.1. The second kappa shape index (κ2) is 18.0. The van der Waals surface area contributed by atoms with Crippen LogP contribution in [-0.2, 0) is 43.8 Å². The van der Waals surface area contributed by atoms with Crippen LogP contribution in [-0.4, -0.2) is 61.2 Å². The summed E-state index contributed by atoms with van der Waals surface area (Å²) in [4.78, 5) is 111. The molecule has 0 atom stereocenters. The third-order valence-electron chi connectivity index (χ3n) is 10.6. The van der Waals surface area contributed by atoms with E-state index in [0.29, 0.717) is 35.2 Å². The number of anilines is 2. The van der Waals surface area contributed by atoms with Crippen molar-refractivity contribution in [2.24, 2.45) is 21.1 Å². The third-order valence-corrected chi connectivity index (χ3v) is 10.6. The smallest absolute Gasteiger partial charge is 0.327 e. The molecule has 0 saturated carbocycles. The van der Waals surface area contributed by atoms with Gasteiger partial charge >= 0.3 is 11.4 Å². The Balaban J connectivity index is 0.000000194. The van der Waals surface area contributed by atoms with Gasteiger partial charge < -0.3 is 24.8 Å². The predicted octanol–water partition coefficient (Wildman–Crippen LogP) is 3.49. The van der Waals surface area contributed by atoms with Gasteiger partial charge in [-0.2, -0.15) is 0 Å². The summed E-state index contributed by atoms with van der Waals surface area (Å²) in [5, 5.41) is 5.60.